The van der Waals surface area contributed by atoms with Crippen LogP contribution in [0.5, 0.6) is 0 Å². The fourth-order valence-electron chi connectivity index (χ4n) is 3.10. The molecule has 0 radical (unpaired) electrons. The topological polar surface area (TPSA) is 72.6 Å². The molecule has 1 fully saturated rings. The van der Waals surface area contributed by atoms with Gasteiger partial charge < -0.3 is 9.64 Å². The average Bonchev–Trinajstić information content (AvgIpc) is 3.18. The molecule has 7 nitrogen and oxygen atoms in total. The predicted octanol–water partition coefficient (Wildman–Crippen LogP) is 1.83. The third-order valence-electron chi connectivity index (χ3n) is 4.37. The Hall–Kier alpha value is -2.32. The Morgan fingerprint density at radius 3 is 3.16 bits per heavy atom. The molecule has 1 saturated heterocycles. The van der Waals surface area contributed by atoms with E-state index in [-0.39, 0.29) is 11.8 Å². The highest BCUT2D eigenvalue weighted by atomic mass is 32.1. The minimum atomic E-state index is 0.0496. The molecule has 0 saturated carbocycles. The first kappa shape index (κ1) is 16.2. The number of rotatable bonds is 3. The van der Waals surface area contributed by atoms with Gasteiger partial charge in [-0.25, -0.2) is 14.5 Å². The summed E-state index contributed by atoms with van der Waals surface area (Å²) < 4.78 is 7.50. The molecule has 130 valence electrons. The van der Waals surface area contributed by atoms with E-state index in [0.29, 0.717) is 26.3 Å². The summed E-state index contributed by atoms with van der Waals surface area (Å²) in [7, 11) is 0. The number of thiazole rings is 1. The zero-order valence-corrected chi connectivity index (χ0v) is 14.8. The first-order valence-electron chi connectivity index (χ1n) is 8.27. The Morgan fingerprint density at radius 2 is 2.32 bits per heavy atom. The van der Waals surface area contributed by atoms with Gasteiger partial charge in [-0.2, -0.15) is 5.10 Å². The van der Waals surface area contributed by atoms with Crippen molar-refractivity contribution in [2.24, 2.45) is 5.92 Å². The van der Waals surface area contributed by atoms with Crippen LogP contribution in [0, 0.1) is 12.8 Å². The highest BCUT2D eigenvalue weighted by molar-refractivity contribution is 7.11. The number of aromatic nitrogens is 4. The van der Waals surface area contributed by atoms with Crippen molar-refractivity contribution in [3.63, 3.8) is 0 Å². The predicted molar refractivity (Wildman–Crippen MR) is 93.8 cm³/mol. The number of amides is 1. The normalized spacial score (nSPS) is 18.4. The zero-order chi connectivity index (χ0) is 17.2. The number of nitrogens with zero attached hydrogens (tertiary/aromatic N) is 5. The maximum Gasteiger partial charge on any atom is 0.265 e. The Labute approximate surface area is 149 Å². The largest absolute Gasteiger partial charge is 0.379 e. The second-order valence-corrected chi connectivity index (χ2v) is 7.07. The van der Waals surface area contributed by atoms with Crippen molar-refractivity contribution < 1.29 is 9.53 Å². The molecule has 0 N–H and O–H groups in total. The number of imidazole rings is 1. The summed E-state index contributed by atoms with van der Waals surface area (Å²) in [5, 5.41) is 4.58. The van der Waals surface area contributed by atoms with Gasteiger partial charge in [-0.1, -0.05) is 0 Å². The molecule has 4 rings (SSSR count). The molecule has 1 amide bonds. The fourth-order valence-corrected chi connectivity index (χ4v) is 3.87. The summed E-state index contributed by atoms with van der Waals surface area (Å²) in [6, 6.07) is 3.95. The van der Waals surface area contributed by atoms with Crippen molar-refractivity contribution in [1.29, 1.82) is 0 Å². The Bertz CT molecular complexity index is 890. The molecule has 1 aliphatic rings. The molecule has 4 heterocycles. The number of fused-ring (bicyclic) bond motifs is 1. The third kappa shape index (κ3) is 3.40. The van der Waals surface area contributed by atoms with Crippen LogP contribution in [-0.4, -0.2) is 56.7 Å². The molecule has 3 aromatic heterocycles. The zero-order valence-electron chi connectivity index (χ0n) is 14.0. The van der Waals surface area contributed by atoms with Crippen LogP contribution in [0.4, 0.5) is 0 Å². The fraction of sp³-hybridized carbons (Fsp3) is 0.412. The lowest BCUT2D eigenvalue weighted by atomic mass is 10.0. The van der Waals surface area contributed by atoms with Crippen LogP contribution in [0.3, 0.4) is 0 Å². The number of hydrogen-bond donors (Lipinski definition) is 0. The summed E-state index contributed by atoms with van der Waals surface area (Å²) in [5.41, 5.74) is 4.32. The van der Waals surface area contributed by atoms with Gasteiger partial charge in [0.2, 0.25) is 0 Å². The molecule has 0 bridgehead atoms. The van der Waals surface area contributed by atoms with Crippen LogP contribution >= 0.6 is 11.3 Å². The monoisotopic (exact) mass is 357 g/mol. The van der Waals surface area contributed by atoms with Crippen molar-refractivity contribution in [2.75, 3.05) is 26.3 Å². The standard InChI is InChI=1S/C17H19N5O2S/c1-12-16(25-11-19-12)17(23)21-6-7-24-10-13(9-21)8-14-2-3-15-18-4-5-22(15)20-14/h2-5,11,13H,6-10H2,1H3/t13-/m1/s1. The van der Waals surface area contributed by atoms with Gasteiger partial charge in [0, 0.05) is 31.4 Å². The first-order valence-corrected chi connectivity index (χ1v) is 9.15. The Balaban J connectivity index is 1.49. The van der Waals surface area contributed by atoms with E-state index in [2.05, 4.69) is 15.1 Å². The summed E-state index contributed by atoms with van der Waals surface area (Å²) in [6.45, 7) is 4.35. The molecular formula is C17H19N5O2S. The lowest BCUT2D eigenvalue weighted by Gasteiger charge is -2.23. The molecule has 3 aromatic rings. The van der Waals surface area contributed by atoms with E-state index in [1.54, 1.807) is 16.2 Å². The number of ether oxygens (including phenoxy) is 1. The smallest absolute Gasteiger partial charge is 0.265 e. The van der Waals surface area contributed by atoms with Crippen molar-refractivity contribution in [3.8, 4) is 0 Å². The van der Waals surface area contributed by atoms with Crippen LogP contribution < -0.4 is 0 Å². The molecule has 8 heteroatoms. The first-order chi connectivity index (χ1) is 12.2. The van der Waals surface area contributed by atoms with E-state index < -0.39 is 0 Å². The molecule has 0 unspecified atom stereocenters. The Morgan fingerprint density at radius 1 is 1.40 bits per heavy atom. The van der Waals surface area contributed by atoms with E-state index in [9.17, 15) is 4.79 Å². The highest BCUT2D eigenvalue weighted by Gasteiger charge is 2.26. The van der Waals surface area contributed by atoms with Gasteiger partial charge in [0.1, 0.15) is 4.88 Å². The summed E-state index contributed by atoms with van der Waals surface area (Å²) >= 11 is 1.40. The highest BCUT2D eigenvalue weighted by Crippen LogP contribution is 2.19. The quantitative estimate of drug-likeness (QED) is 0.715. The second kappa shape index (κ2) is 6.89. The van der Waals surface area contributed by atoms with Gasteiger partial charge in [0.15, 0.2) is 5.65 Å². The van der Waals surface area contributed by atoms with Gasteiger partial charge in [0.25, 0.3) is 5.91 Å². The van der Waals surface area contributed by atoms with Crippen LogP contribution in [0.2, 0.25) is 0 Å². The molecule has 1 atom stereocenters. The number of carbonyl (C=O) groups excluding carboxylic acids is 1. The van der Waals surface area contributed by atoms with Crippen LogP contribution in [0.15, 0.2) is 30.0 Å². The van der Waals surface area contributed by atoms with Crippen molar-refractivity contribution in [1.82, 2.24) is 24.5 Å². The minimum Gasteiger partial charge on any atom is -0.379 e. The molecule has 25 heavy (non-hydrogen) atoms. The van der Waals surface area contributed by atoms with Gasteiger partial charge in [-0.3, -0.25) is 4.79 Å². The summed E-state index contributed by atoms with van der Waals surface area (Å²) in [4.78, 5) is 23.8. The number of hydrogen-bond acceptors (Lipinski definition) is 6. The number of carbonyl (C=O) groups is 1. The van der Waals surface area contributed by atoms with E-state index in [4.69, 9.17) is 4.74 Å². The number of aryl methyl sites for hydroxylation is 1. The van der Waals surface area contributed by atoms with Crippen molar-refractivity contribution in [2.45, 2.75) is 13.3 Å². The van der Waals surface area contributed by atoms with E-state index in [1.807, 2.05) is 30.2 Å². The molecule has 0 aromatic carbocycles. The third-order valence-corrected chi connectivity index (χ3v) is 5.29. The lowest BCUT2D eigenvalue weighted by Crippen LogP contribution is -2.36. The van der Waals surface area contributed by atoms with Crippen molar-refractivity contribution in [3.05, 3.63) is 46.3 Å². The van der Waals surface area contributed by atoms with E-state index in [1.165, 1.54) is 11.3 Å². The molecule has 0 aliphatic carbocycles. The van der Waals surface area contributed by atoms with Gasteiger partial charge in [0.05, 0.1) is 30.1 Å². The van der Waals surface area contributed by atoms with Gasteiger partial charge in [-0.05, 0) is 25.5 Å². The van der Waals surface area contributed by atoms with Crippen LogP contribution in [0.25, 0.3) is 5.65 Å². The minimum absolute atomic E-state index is 0.0496. The lowest BCUT2D eigenvalue weighted by molar-refractivity contribution is 0.0741. The molecule has 0 spiro atoms. The van der Waals surface area contributed by atoms with Crippen LogP contribution in [-0.2, 0) is 11.2 Å². The molecule has 1 aliphatic heterocycles. The van der Waals surface area contributed by atoms with Crippen LogP contribution in [0.1, 0.15) is 21.1 Å². The van der Waals surface area contributed by atoms with Gasteiger partial charge >= 0.3 is 0 Å². The SMILES string of the molecule is Cc1ncsc1C(=O)N1CCOC[C@H](Cc2ccc3nccn3n2)C1. The molecular weight excluding hydrogens is 338 g/mol. The maximum atomic E-state index is 12.8. The summed E-state index contributed by atoms with van der Waals surface area (Å²) in [5.74, 6) is 0.265. The maximum absolute atomic E-state index is 12.8. The van der Waals surface area contributed by atoms with E-state index >= 15 is 0 Å². The Kier molecular flexibility index (Phi) is 4.46. The average molecular weight is 357 g/mol. The summed E-state index contributed by atoms with van der Waals surface area (Å²) in [6.07, 6.45) is 4.34. The van der Waals surface area contributed by atoms with E-state index in [0.717, 1.165) is 28.3 Å². The van der Waals surface area contributed by atoms with Gasteiger partial charge in [-0.15, -0.1) is 11.3 Å². The van der Waals surface area contributed by atoms with Crippen molar-refractivity contribution >= 4 is 22.9 Å². The second-order valence-electron chi connectivity index (χ2n) is 6.22.